The molecule has 4 heteroatoms. The molecule has 0 saturated carbocycles. The number of esters is 1. The van der Waals surface area contributed by atoms with E-state index in [2.05, 4.69) is 57.4 Å². The van der Waals surface area contributed by atoms with Crippen LogP contribution >= 0.6 is 0 Å². The number of carbonyl (C=O) groups excluding carboxylic acids is 1. The van der Waals surface area contributed by atoms with E-state index in [-0.39, 0.29) is 18.7 Å². The Hall–Kier alpha value is -2.33. The Kier molecular flexibility index (Phi) is 16.6. The van der Waals surface area contributed by atoms with Gasteiger partial charge in [-0.1, -0.05) is 127 Å². The molecule has 0 N–H and O–H groups in total. The van der Waals surface area contributed by atoms with Crippen LogP contribution in [0.5, 0.6) is 5.75 Å². The summed E-state index contributed by atoms with van der Waals surface area (Å²) in [7, 11) is 4.41. The topological polar surface area (TPSA) is 35.5 Å². The Morgan fingerprint density at radius 3 is 1.90 bits per heavy atom. The SMILES string of the molecule is CCCCCCCCCCCCCCc1ccc(OCOC(=O)C(C)CC[N+](C)(C)Cc2ccccc2)cc1. The molecule has 218 valence electrons. The van der Waals surface area contributed by atoms with E-state index in [0.29, 0.717) is 0 Å². The highest BCUT2D eigenvalue weighted by molar-refractivity contribution is 5.71. The highest BCUT2D eigenvalue weighted by Crippen LogP contribution is 2.17. The summed E-state index contributed by atoms with van der Waals surface area (Å²) < 4.78 is 11.9. The molecule has 0 aromatic heterocycles. The maximum absolute atomic E-state index is 12.4. The molecule has 4 nitrogen and oxygen atoms in total. The largest absolute Gasteiger partial charge is 0.457 e. The monoisotopic (exact) mass is 538 g/mol. The summed E-state index contributed by atoms with van der Waals surface area (Å²) in [5, 5.41) is 0. The van der Waals surface area contributed by atoms with Crippen LogP contribution in [0.4, 0.5) is 0 Å². The normalized spacial score (nSPS) is 12.3. The zero-order valence-electron chi connectivity index (χ0n) is 25.5. The molecule has 2 aromatic rings. The van der Waals surface area contributed by atoms with Crippen molar-refractivity contribution in [3.05, 3.63) is 65.7 Å². The first-order chi connectivity index (χ1) is 18.9. The number of carbonyl (C=O) groups is 1. The number of nitrogens with zero attached hydrogens (tertiary/aromatic N) is 1. The molecule has 0 fully saturated rings. The molecule has 1 atom stereocenters. The van der Waals surface area contributed by atoms with Crippen molar-refractivity contribution in [1.29, 1.82) is 0 Å². The predicted octanol–water partition coefficient (Wildman–Crippen LogP) is 9.11. The van der Waals surface area contributed by atoms with Gasteiger partial charge in [-0.15, -0.1) is 0 Å². The summed E-state index contributed by atoms with van der Waals surface area (Å²) in [6.45, 7) is 6.04. The minimum Gasteiger partial charge on any atom is -0.457 e. The summed E-state index contributed by atoms with van der Waals surface area (Å²) >= 11 is 0. The van der Waals surface area contributed by atoms with Gasteiger partial charge in [0.25, 0.3) is 0 Å². The van der Waals surface area contributed by atoms with Gasteiger partial charge in [0.1, 0.15) is 12.3 Å². The van der Waals surface area contributed by atoms with Gasteiger partial charge in [-0.3, -0.25) is 4.79 Å². The van der Waals surface area contributed by atoms with Crippen LogP contribution in [0.25, 0.3) is 0 Å². The Morgan fingerprint density at radius 2 is 1.31 bits per heavy atom. The van der Waals surface area contributed by atoms with Crippen molar-refractivity contribution in [3.8, 4) is 5.75 Å². The van der Waals surface area contributed by atoms with Gasteiger partial charge in [-0.05, 0) is 30.5 Å². The fourth-order valence-electron chi connectivity index (χ4n) is 5.04. The van der Waals surface area contributed by atoms with E-state index in [1.54, 1.807) is 0 Å². The van der Waals surface area contributed by atoms with Crippen molar-refractivity contribution < 1.29 is 18.8 Å². The van der Waals surface area contributed by atoms with Crippen molar-refractivity contribution in [1.82, 2.24) is 0 Å². The fourth-order valence-corrected chi connectivity index (χ4v) is 5.04. The quantitative estimate of drug-likeness (QED) is 0.0649. The molecule has 0 saturated heterocycles. The van der Waals surface area contributed by atoms with Gasteiger partial charge >= 0.3 is 5.97 Å². The Morgan fingerprint density at radius 1 is 0.744 bits per heavy atom. The minimum atomic E-state index is -0.196. The van der Waals surface area contributed by atoms with Gasteiger partial charge in [0, 0.05) is 12.0 Å². The number of benzene rings is 2. The van der Waals surface area contributed by atoms with E-state index in [1.165, 1.54) is 88.2 Å². The summed E-state index contributed by atoms with van der Waals surface area (Å²) in [5.74, 6) is 0.396. The van der Waals surface area contributed by atoms with E-state index in [0.717, 1.165) is 36.2 Å². The van der Waals surface area contributed by atoms with Crippen molar-refractivity contribution in [2.45, 2.75) is 110 Å². The number of hydrogen-bond donors (Lipinski definition) is 0. The van der Waals surface area contributed by atoms with Crippen molar-refractivity contribution in [2.24, 2.45) is 5.92 Å². The maximum atomic E-state index is 12.4. The van der Waals surface area contributed by atoms with Crippen molar-refractivity contribution >= 4 is 5.97 Å². The first kappa shape index (κ1) is 32.9. The molecule has 2 rings (SSSR count). The lowest BCUT2D eigenvalue weighted by atomic mass is 10.0. The smallest absolute Gasteiger partial charge is 0.311 e. The third-order valence-electron chi connectivity index (χ3n) is 7.69. The van der Waals surface area contributed by atoms with Gasteiger partial charge in [-0.25, -0.2) is 0 Å². The summed E-state index contributed by atoms with van der Waals surface area (Å²) in [5.41, 5.74) is 2.66. The number of ether oxygens (including phenoxy) is 2. The van der Waals surface area contributed by atoms with Crippen LogP contribution in [0.1, 0.15) is 108 Å². The Labute approximate surface area is 239 Å². The average molecular weight is 539 g/mol. The van der Waals surface area contributed by atoms with Crippen molar-refractivity contribution in [2.75, 3.05) is 27.4 Å². The number of quaternary nitrogens is 1. The molecule has 0 amide bonds. The van der Waals surface area contributed by atoms with Gasteiger partial charge in [0.15, 0.2) is 0 Å². The van der Waals surface area contributed by atoms with E-state index >= 15 is 0 Å². The van der Waals surface area contributed by atoms with Crippen LogP contribution in [0.15, 0.2) is 54.6 Å². The number of rotatable bonds is 22. The van der Waals surface area contributed by atoms with E-state index in [9.17, 15) is 4.79 Å². The van der Waals surface area contributed by atoms with Gasteiger partial charge in [0.2, 0.25) is 6.79 Å². The van der Waals surface area contributed by atoms with Crippen molar-refractivity contribution in [3.63, 3.8) is 0 Å². The van der Waals surface area contributed by atoms with Gasteiger partial charge < -0.3 is 14.0 Å². The Bertz CT molecular complexity index is 879. The van der Waals surface area contributed by atoms with Crippen LogP contribution in [0.2, 0.25) is 0 Å². The first-order valence-corrected chi connectivity index (χ1v) is 15.6. The molecule has 0 aliphatic heterocycles. The van der Waals surface area contributed by atoms with Crippen LogP contribution in [0.3, 0.4) is 0 Å². The molecular weight excluding hydrogens is 482 g/mol. The molecule has 0 radical (unpaired) electrons. The fraction of sp³-hybridized carbons (Fsp3) is 0.629. The first-order valence-electron chi connectivity index (χ1n) is 15.6. The highest BCUT2D eigenvalue weighted by atomic mass is 16.7. The van der Waals surface area contributed by atoms with E-state index in [1.807, 2.05) is 25.1 Å². The summed E-state index contributed by atoms with van der Waals surface area (Å²) in [6, 6.07) is 18.7. The predicted molar refractivity (Wildman–Crippen MR) is 164 cm³/mol. The highest BCUT2D eigenvalue weighted by Gasteiger charge is 2.21. The molecule has 1 unspecified atom stereocenters. The van der Waals surface area contributed by atoms with Gasteiger partial charge in [-0.2, -0.15) is 0 Å². The molecule has 0 spiro atoms. The molecular formula is C35H56NO3+. The number of aryl methyl sites for hydroxylation is 1. The van der Waals surface area contributed by atoms with Crippen LogP contribution in [-0.4, -0.2) is 37.9 Å². The third kappa shape index (κ3) is 15.8. The second kappa shape index (κ2) is 19.7. The number of unbranched alkanes of at least 4 members (excludes halogenated alkanes) is 11. The third-order valence-corrected chi connectivity index (χ3v) is 7.69. The molecule has 39 heavy (non-hydrogen) atoms. The maximum Gasteiger partial charge on any atom is 0.311 e. The molecule has 2 aromatic carbocycles. The molecule has 0 heterocycles. The summed E-state index contributed by atoms with van der Waals surface area (Å²) in [4.78, 5) is 12.4. The zero-order valence-corrected chi connectivity index (χ0v) is 25.5. The molecule has 0 aliphatic rings. The molecule has 0 bridgehead atoms. The lowest BCUT2D eigenvalue weighted by Gasteiger charge is -2.30. The molecule has 0 aliphatic carbocycles. The summed E-state index contributed by atoms with van der Waals surface area (Å²) in [6.07, 6.45) is 18.4. The van der Waals surface area contributed by atoms with E-state index < -0.39 is 0 Å². The Balaban J connectivity index is 1.51. The number of hydrogen-bond acceptors (Lipinski definition) is 3. The van der Waals surface area contributed by atoms with Crippen LogP contribution in [0, 0.1) is 5.92 Å². The van der Waals surface area contributed by atoms with Crippen LogP contribution < -0.4 is 4.74 Å². The standard InChI is InChI=1S/C35H56NO3/c1-5-6-7-8-9-10-11-12-13-14-15-17-20-32-23-25-34(26-24-32)38-30-39-35(37)31(2)27-28-36(3,4)29-33-21-18-16-19-22-33/h16,18-19,21-26,31H,5-15,17,20,27-30H2,1-4H3/q+1. The van der Waals surface area contributed by atoms with E-state index in [4.69, 9.17) is 9.47 Å². The van der Waals surface area contributed by atoms with Gasteiger partial charge in [0.05, 0.1) is 26.6 Å². The lowest BCUT2D eigenvalue weighted by molar-refractivity contribution is -0.904. The average Bonchev–Trinajstić information content (AvgIpc) is 2.93. The lowest BCUT2D eigenvalue weighted by Crippen LogP contribution is -2.40. The zero-order chi connectivity index (χ0) is 28.2. The second-order valence-corrected chi connectivity index (χ2v) is 12.0. The van der Waals surface area contributed by atoms with Crippen LogP contribution in [-0.2, 0) is 22.5 Å². The second-order valence-electron chi connectivity index (χ2n) is 12.0. The minimum absolute atomic E-state index is 0.0382.